The monoisotopic (exact) mass is 468 g/mol. The molecule has 5 nitrogen and oxygen atoms in total. The van der Waals surface area contributed by atoms with Crippen molar-refractivity contribution in [3.8, 4) is 11.3 Å². The quantitative estimate of drug-likeness (QED) is 0.451. The summed E-state index contributed by atoms with van der Waals surface area (Å²) in [7, 11) is 0. The molecule has 134 valence electrons. The van der Waals surface area contributed by atoms with Crippen LogP contribution < -0.4 is 5.32 Å². The van der Waals surface area contributed by atoms with Gasteiger partial charge in [-0.25, -0.2) is 9.50 Å². The molecular formula is C21H17IN4O. The second-order valence-corrected chi connectivity index (χ2v) is 7.10. The first kappa shape index (κ1) is 17.7. The van der Waals surface area contributed by atoms with Gasteiger partial charge >= 0.3 is 0 Å². The van der Waals surface area contributed by atoms with E-state index in [-0.39, 0.29) is 5.91 Å². The number of nitrogens with zero attached hydrogens (tertiary/aromatic N) is 3. The maximum atomic E-state index is 12.4. The molecule has 27 heavy (non-hydrogen) atoms. The smallest absolute Gasteiger partial charge is 0.251 e. The first-order valence-electron chi connectivity index (χ1n) is 8.64. The lowest BCUT2D eigenvalue weighted by atomic mass is 10.1. The SMILES string of the molecule is O=C(NCCc1ccccc1)c1ccc(-c2cccc3nc(I)nn23)cc1. The highest BCUT2D eigenvalue weighted by Gasteiger charge is 2.09. The summed E-state index contributed by atoms with van der Waals surface area (Å²) in [4.78, 5) is 16.7. The summed E-state index contributed by atoms with van der Waals surface area (Å²) in [5.74, 6) is -0.0639. The van der Waals surface area contributed by atoms with Crippen LogP contribution in [0.2, 0.25) is 0 Å². The van der Waals surface area contributed by atoms with Crippen LogP contribution in [0.1, 0.15) is 15.9 Å². The molecule has 0 bridgehead atoms. The number of nitrogens with one attached hydrogen (secondary N) is 1. The van der Waals surface area contributed by atoms with E-state index in [0.717, 1.165) is 23.3 Å². The van der Waals surface area contributed by atoms with Gasteiger partial charge in [-0.3, -0.25) is 4.79 Å². The number of halogens is 1. The molecule has 0 saturated heterocycles. The van der Waals surface area contributed by atoms with Gasteiger partial charge in [0, 0.05) is 40.3 Å². The summed E-state index contributed by atoms with van der Waals surface area (Å²) < 4.78 is 2.52. The van der Waals surface area contributed by atoms with Crippen molar-refractivity contribution in [2.75, 3.05) is 6.54 Å². The van der Waals surface area contributed by atoms with Crippen LogP contribution in [-0.4, -0.2) is 27.0 Å². The van der Waals surface area contributed by atoms with E-state index in [4.69, 9.17) is 0 Å². The fraction of sp³-hybridized carbons (Fsp3) is 0.0952. The van der Waals surface area contributed by atoms with Gasteiger partial charge in [-0.2, -0.15) is 0 Å². The Labute approximate surface area is 170 Å². The van der Waals surface area contributed by atoms with E-state index in [1.807, 2.05) is 65.2 Å². The standard InChI is InChI=1S/C21H17IN4O/c22-21-24-19-8-4-7-18(26(19)25-21)16-9-11-17(12-10-16)20(27)23-14-13-15-5-2-1-3-6-15/h1-12H,13-14H2,(H,23,27). The van der Waals surface area contributed by atoms with E-state index in [0.29, 0.717) is 15.9 Å². The lowest BCUT2D eigenvalue weighted by molar-refractivity contribution is 0.0954. The van der Waals surface area contributed by atoms with Gasteiger partial charge in [0.15, 0.2) is 5.65 Å². The number of carbonyl (C=O) groups is 1. The minimum absolute atomic E-state index is 0.0639. The van der Waals surface area contributed by atoms with Gasteiger partial charge in [-0.1, -0.05) is 48.5 Å². The van der Waals surface area contributed by atoms with Gasteiger partial charge in [-0.05, 0) is 36.2 Å². The van der Waals surface area contributed by atoms with Crippen molar-refractivity contribution < 1.29 is 4.79 Å². The third kappa shape index (κ3) is 4.00. The number of aromatic nitrogens is 3. The van der Waals surface area contributed by atoms with Gasteiger partial charge in [0.1, 0.15) is 0 Å². The van der Waals surface area contributed by atoms with Crippen molar-refractivity contribution in [2.24, 2.45) is 0 Å². The highest BCUT2D eigenvalue weighted by molar-refractivity contribution is 14.1. The zero-order valence-electron chi connectivity index (χ0n) is 14.5. The topological polar surface area (TPSA) is 59.3 Å². The van der Waals surface area contributed by atoms with Crippen LogP contribution in [0.4, 0.5) is 0 Å². The number of amides is 1. The first-order valence-corrected chi connectivity index (χ1v) is 9.72. The summed E-state index contributed by atoms with van der Waals surface area (Å²) in [6.07, 6.45) is 0.817. The second-order valence-electron chi connectivity index (χ2n) is 6.13. The van der Waals surface area contributed by atoms with Crippen LogP contribution in [0.3, 0.4) is 0 Å². The maximum absolute atomic E-state index is 12.4. The van der Waals surface area contributed by atoms with Crippen LogP contribution in [0.25, 0.3) is 16.9 Å². The fourth-order valence-electron chi connectivity index (χ4n) is 2.96. The Morgan fingerprint density at radius 1 is 0.963 bits per heavy atom. The Morgan fingerprint density at radius 2 is 1.74 bits per heavy atom. The molecule has 1 N–H and O–H groups in total. The van der Waals surface area contributed by atoms with Crippen LogP contribution in [0.15, 0.2) is 72.8 Å². The van der Waals surface area contributed by atoms with Crippen molar-refractivity contribution in [2.45, 2.75) is 6.42 Å². The molecule has 2 heterocycles. The van der Waals surface area contributed by atoms with Gasteiger partial charge < -0.3 is 5.32 Å². The molecule has 2 aromatic carbocycles. The second kappa shape index (κ2) is 7.87. The fourth-order valence-corrected chi connectivity index (χ4v) is 3.42. The minimum Gasteiger partial charge on any atom is -0.352 e. The van der Waals surface area contributed by atoms with Gasteiger partial charge in [0.2, 0.25) is 3.83 Å². The van der Waals surface area contributed by atoms with Crippen molar-refractivity contribution in [1.29, 1.82) is 0 Å². The summed E-state index contributed by atoms with van der Waals surface area (Å²) in [6.45, 7) is 0.612. The van der Waals surface area contributed by atoms with E-state index in [9.17, 15) is 4.79 Å². The summed E-state index contributed by atoms with van der Waals surface area (Å²) in [5.41, 5.74) is 4.59. The molecule has 0 aliphatic rings. The molecule has 1 amide bonds. The number of carbonyl (C=O) groups excluding carboxylic acids is 1. The van der Waals surface area contributed by atoms with Crippen LogP contribution in [0.5, 0.6) is 0 Å². The average Bonchev–Trinajstić information content (AvgIpc) is 3.09. The molecule has 0 saturated carbocycles. The highest BCUT2D eigenvalue weighted by atomic mass is 127. The lowest BCUT2D eigenvalue weighted by Crippen LogP contribution is -2.25. The van der Waals surface area contributed by atoms with Gasteiger partial charge in [0.05, 0.1) is 5.69 Å². The highest BCUT2D eigenvalue weighted by Crippen LogP contribution is 2.21. The summed E-state index contributed by atoms with van der Waals surface area (Å²) >= 11 is 2.10. The maximum Gasteiger partial charge on any atom is 0.251 e. The molecule has 0 aliphatic heterocycles. The summed E-state index contributed by atoms with van der Waals surface area (Å²) in [6, 6.07) is 23.6. The molecule has 4 rings (SSSR count). The van der Waals surface area contributed by atoms with E-state index < -0.39 is 0 Å². The van der Waals surface area contributed by atoms with Crippen molar-refractivity contribution >= 4 is 34.1 Å². The molecule has 0 spiro atoms. The first-order chi connectivity index (χ1) is 13.2. The van der Waals surface area contributed by atoms with Crippen LogP contribution in [-0.2, 0) is 6.42 Å². The molecule has 0 fully saturated rings. The predicted molar refractivity (Wildman–Crippen MR) is 114 cm³/mol. The van der Waals surface area contributed by atoms with E-state index >= 15 is 0 Å². The third-order valence-electron chi connectivity index (χ3n) is 4.32. The number of rotatable bonds is 5. The van der Waals surface area contributed by atoms with Crippen molar-refractivity contribution in [3.63, 3.8) is 0 Å². The molecule has 2 aromatic heterocycles. The number of pyridine rings is 1. The third-order valence-corrected chi connectivity index (χ3v) is 4.78. The predicted octanol–water partition coefficient (Wildman–Crippen LogP) is 3.97. The number of hydrogen-bond acceptors (Lipinski definition) is 3. The molecular weight excluding hydrogens is 451 g/mol. The van der Waals surface area contributed by atoms with Gasteiger partial charge in [0.25, 0.3) is 5.91 Å². The molecule has 0 atom stereocenters. The minimum atomic E-state index is -0.0639. The average molecular weight is 468 g/mol. The molecule has 0 unspecified atom stereocenters. The van der Waals surface area contributed by atoms with Gasteiger partial charge in [-0.15, -0.1) is 5.10 Å². The molecule has 4 aromatic rings. The van der Waals surface area contributed by atoms with Crippen molar-refractivity contribution in [1.82, 2.24) is 19.9 Å². The Morgan fingerprint density at radius 3 is 2.52 bits per heavy atom. The number of fused-ring (bicyclic) bond motifs is 1. The summed E-state index contributed by atoms with van der Waals surface area (Å²) in [5, 5.41) is 7.40. The van der Waals surface area contributed by atoms with E-state index in [2.05, 4.69) is 50.1 Å². The molecule has 0 radical (unpaired) electrons. The molecule has 0 aliphatic carbocycles. The number of hydrogen-bond donors (Lipinski definition) is 1. The normalized spacial score (nSPS) is 10.9. The molecule has 6 heteroatoms. The zero-order chi connectivity index (χ0) is 18.6. The van der Waals surface area contributed by atoms with E-state index in [1.54, 1.807) is 0 Å². The Hall–Kier alpha value is -2.74. The van der Waals surface area contributed by atoms with Crippen molar-refractivity contribution in [3.05, 3.63) is 87.8 Å². The van der Waals surface area contributed by atoms with Crippen LogP contribution in [0, 0.1) is 3.83 Å². The Bertz CT molecular complexity index is 1070. The Kier molecular flexibility index (Phi) is 5.15. The van der Waals surface area contributed by atoms with Crippen LogP contribution >= 0.6 is 22.6 Å². The van der Waals surface area contributed by atoms with E-state index in [1.165, 1.54) is 5.56 Å². The largest absolute Gasteiger partial charge is 0.352 e. The lowest BCUT2D eigenvalue weighted by Gasteiger charge is -2.07. The zero-order valence-corrected chi connectivity index (χ0v) is 16.6. The Balaban J connectivity index is 1.46. The number of benzene rings is 2.